The van der Waals surface area contributed by atoms with E-state index in [9.17, 15) is 14.7 Å². The van der Waals surface area contributed by atoms with E-state index in [1.54, 1.807) is 24.3 Å². The zero-order chi connectivity index (χ0) is 46.3. The quantitative estimate of drug-likeness (QED) is 0.0807. The van der Waals surface area contributed by atoms with Crippen LogP contribution in [0.2, 0.25) is 54.4 Å². The van der Waals surface area contributed by atoms with E-state index >= 15 is 4.79 Å². The van der Waals surface area contributed by atoms with Crippen molar-refractivity contribution in [1.82, 2.24) is 0 Å². The Hall–Kier alpha value is -2.18. The topological polar surface area (TPSA) is 136 Å². The van der Waals surface area contributed by atoms with Gasteiger partial charge in [0, 0.05) is 25.2 Å². The van der Waals surface area contributed by atoms with E-state index in [2.05, 4.69) is 69.2 Å². The van der Waals surface area contributed by atoms with Crippen molar-refractivity contribution in [2.75, 3.05) is 13.7 Å². The molecular formula is C48H80O11Si3. The van der Waals surface area contributed by atoms with Gasteiger partial charge in [-0.1, -0.05) is 82.2 Å². The maximum atomic E-state index is 16.9. The fourth-order valence-electron chi connectivity index (χ4n) is 12.0. The lowest BCUT2D eigenvalue weighted by atomic mass is 9.44. The molecule has 14 heteroatoms. The Balaban J connectivity index is 1.97. The lowest BCUT2D eigenvalue weighted by Crippen LogP contribution is -2.82. The third kappa shape index (κ3) is 8.21. The van der Waals surface area contributed by atoms with Gasteiger partial charge in [-0.3, -0.25) is 9.59 Å². The molecule has 350 valence electrons. The summed E-state index contributed by atoms with van der Waals surface area (Å²) < 4.78 is 48.0. The van der Waals surface area contributed by atoms with Crippen LogP contribution >= 0.6 is 0 Å². The van der Waals surface area contributed by atoms with Crippen LogP contribution in [0.25, 0.3) is 0 Å². The summed E-state index contributed by atoms with van der Waals surface area (Å²) in [4.78, 5) is 45.3. The molecule has 5 rings (SSSR count). The first-order valence-electron chi connectivity index (χ1n) is 23.8. The standard InChI is InChI=1S/C48H80O11Si3/c1-16-60(17-2,18-3)57-36-30-48(52)43(55-44(51)34-26-25-27-35(28-34)53-15)41-46(14,42(50)40(39(32(36)10)45(48,12)13)59-62(22-7,23-8)24-9)37(58-61(19-4,20-5)21-6)29-38-47(41,31-54-38)56-33(11)49/h25-28,36-38,40-41,43,52H,16-24,29-31H2,1-15H3/t36-,37-,38+,40+,41?,43?,46+,47-,48+/m0/s1. The predicted molar refractivity (Wildman–Crippen MR) is 250 cm³/mol. The molecule has 11 nitrogen and oxygen atoms in total. The van der Waals surface area contributed by atoms with Crippen molar-refractivity contribution in [3.63, 3.8) is 0 Å². The van der Waals surface area contributed by atoms with Crippen LogP contribution in [-0.2, 0) is 37.1 Å². The summed E-state index contributed by atoms with van der Waals surface area (Å²) in [7, 11) is -5.90. The van der Waals surface area contributed by atoms with E-state index in [1.807, 2.05) is 20.8 Å². The van der Waals surface area contributed by atoms with Crippen molar-refractivity contribution >= 4 is 42.7 Å². The van der Waals surface area contributed by atoms with E-state index in [-0.39, 0.29) is 30.8 Å². The molecule has 1 saturated heterocycles. The largest absolute Gasteiger partial charge is 0.497 e. The summed E-state index contributed by atoms with van der Waals surface area (Å²) >= 11 is 0. The van der Waals surface area contributed by atoms with Crippen molar-refractivity contribution in [1.29, 1.82) is 0 Å². The Bertz CT molecular complexity index is 1800. The molecule has 0 aromatic heterocycles. The molecule has 3 aliphatic carbocycles. The van der Waals surface area contributed by atoms with Crippen molar-refractivity contribution in [2.45, 2.75) is 206 Å². The lowest BCUT2D eigenvalue weighted by molar-refractivity contribution is -0.344. The Morgan fingerprint density at radius 3 is 1.84 bits per heavy atom. The molecule has 1 aliphatic heterocycles. The fraction of sp³-hybridized carbons (Fsp3) is 0.771. The number of fused-ring (bicyclic) bond motifs is 5. The molecule has 1 aromatic rings. The van der Waals surface area contributed by atoms with Gasteiger partial charge in [0.05, 0.1) is 42.8 Å². The summed E-state index contributed by atoms with van der Waals surface area (Å²) in [6.45, 7) is 28.7. The van der Waals surface area contributed by atoms with E-state index in [4.69, 9.17) is 32.2 Å². The smallest absolute Gasteiger partial charge is 0.338 e. The maximum absolute atomic E-state index is 16.9. The molecule has 1 aromatic carbocycles. The van der Waals surface area contributed by atoms with Gasteiger partial charge in [0.2, 0.25) is 0 Å². The second-order valence-electron chi connectivity index (χ2n) is 19.6. The molecular weight excluding hydrogens is 837 g/mol. The summed E-state index contributed by atoms with van der Waals surface area (Å²) in [6, 6.07) is 14.2. The normalized spacial score (nSPS) is 32.2. The Morgan fingerprint density at radius 1 is 0.823 bits per heavy atom. The average molecular weight is 917 g/mol. The third-order valence-electron chi connectivity index (χ3n) is 17.1. The molecule has 1 N–H and O–H groups in total. The highest BCUT2D eigenvalue weighted by atomic mass is 28.4. The Kier molecular flexibility index (Phi) is 15.5. The number of esters is 2. The first kappa shape index (κ1) is 50.8. The summed E-state index contributed by atoms with van der Waals surface area (Å²) in [5.74, 6) is -2.09. The number of hydrogen-bond donors (Lipinski definition) is 1. The van der Waals surface area contributed by atoms with Gasteiger partial charge in [-0.15, -0.1) is 0 Å². The first-order valence-corrected chi connectivity index (χ1v) is 31.4. The predicted octanol–water partition coefficient (Wildman–Crippen LogP) is 10.2. The number of methoxy groups -OCH3 is 1. The van der Waals surface area contributed by atoms with E-state index < -0.39 is 95.4 Å². The number of ketones is 1. The lowest BCUT2D eigenvalue weighted by Gasteiger charge is -2.68. The van der Waals surface area contributed by atoms with Crippen LogP contribution in [-0.4, -0.2) is 103 Å². The third-order valence-corrected chi connectivity index (χ3v) is 31.0. The van der Waals surface area contributed by atoms with Crippen molar-refractivity contribution < 1.29 is 51.7 Å². The molecule has 1 heterocycles. The molecule has 2 unspecified atom stereocenters. The van der Waals surface area contributed by atoms with Gasteiger partial charge < -0.3 is 37.3 Å². The summed E-state index contributed by atoms with van der Waals surface area (Å²) in [5.41, 5.74) is -4.26. The first-order chi connectivity index (χ1) is 29.2. The molecule has 0 spiro atoms. The zero-order valence-corrected chi connectivity index (χ0v) is 43.8. The Morgan fingerprint density at radius 2 is 1.35 bits per heavy atom. The average Bonchev–Trinajstić information content (AvgIpc) is 3.26. The Labute approximate surface area is 376 Å². The number of ether oxygens (including phenoxy) is 4. The second kappa shape index (κ2) is 19.0. The molecule has 2 saturated carbocycles. The molecule has 0 radical (unpaired) electrons. The van der Waals surface area contributed by atoms with Crippen LogP contribution in [0.4, 0.5) is 0 Å². The van der Waals surface area contributed by atoms with Crippen molar-refractivity contribution in [2.24, 2.45) is 16.7 Å². The minimum Gasteiger partial charge on any atom is -0.497 e. The number of Topliss-reactive ketones (excluding diaryl/α,β-unsaturated/α-hetero) is 1. The minimum absolute atomic E-state index is 0.0403. The van der Waals surface area contributed by atoms with E-state index in [0.29, 0.717) is 11.3 Å². The molecule has 0 amide bonds. The van der Waals surface area contributed by atoms with Gasteiger partial charge in [0.1, 0.15) is 29.7 Å². The van der Waals surface area contributed by atoms with Crippen molar-refractivity contribution in [3.8, 4) is 5.75 Å². The SMILES string of the molecule is CC[Si](CC)(CC)O[C@H]1C(=O)[C@@]2(C)C(C(OC(=O)c3cccc(OC)c3)[C@]3(O)C[C@H](O[Si](CC)(CC)CC)C(C)=C1C3(C)C)[C@]1(OC(C)=O)CO[C@@H]1C[C@@H]2O[Si](CC)(CC)CC. The van der Waals surface area contributed by atoms with Crippen LogP contribution in [0.15, 0.2) is 35.4 Å². The van der Waals surface area contributed by atoms with Crippen LogP contribution in [0.1, 0.15) is 120 Å². The van der Waals surface area contributed by atoms with Gasteiger partial charge >= 0.3 is 11.9 Å². The highest BCUT2D eigenvalue weighted by molar-refractivity contribution is 6.74. The van der Waals surface area contributed by atoms with E-state index in [1.165, 1.54) is 14.0 Å². The molecule has 9 atom stereocenters. The molecule has 4 aliphatic rings. The zero-order valence-electron chi connectivity index (χ0n) is 40.8. The number of carbonyl (C=O) groups is 3. The number of rotatable bonds is 19. The van der Waals surface area contributed by atoms with Gasteiger partial charge in [-0.25, -0.2) is 4.79 Å². The molecule has 3 fully saturated rings. The number of aliphatic hydroxyl groups is 1. The minimum atomic E-state index is -2.59. The summed E-state index contributed by atoms with van der Waals surface area (Å²) in [5, 5.41) is 14.4. The molecule has 62 heavy (non-hydrogen) atoms. The van der Waals surface area contributed by atoms with Crippen LogP contribution in [0.5, 0.6) is 5.75 Å². The summed E-state index contributed by atoms with van der Waals surface area (Å²) in [6.07, 6.45) is -4.15. The highest BCUT2D eigenvalue weighted by Gasteiger charge is 2.79. The van der Waals surface area contributed by atoms with Gasteiger partial charge in [0.25, 0.3) is 0 Å². The van der Waals surface area contributed by atoms with Crippen LogP contribution in [0.3, 0.4) is 0 Å². The van der Waals surface area contributed by atoms with Gasteiger partial charge in [0.15, 0.2) is 36.3 Å². The highest BCUT2D eigenvalue weighted by Crippen LogP contribution is 2.65. The molecule has 2 bridgehead atoms. The van der Waals surface area contributed by atoms with E-state index in [0.717, 1.165) is 60.0 Å². The van der Waals surface area contributed by atoms with Crippen LogP contribution in [0, 0.1) is 16.7 Å². The maximum Gasteiger partial charge on any atom is 0.338 e. The second-order valence-corrected chi connectivity index (χ2v) is 33.7. The monoisotopic (exact) mass is 917 g/mol. The van der Waals surface area contributed by atoms with Gasteiger partial charge in [-0.05, 0) is 97.6 Å². The number of benzene rings is 1. The van der Waals surface area contributed by atoms with Gasteiger partial charge in [-0.2, -0.15) is 0 Å². The number of hydrogen-bond acceptors (Lipinski definition) is 11. The fourth-order valence-corrected chi connectivity index (χ4v) is 20.6. The number of carbonyl (C=O) groups excluding carboxylic acids is 3. The van der Waals surface area contributed by atoms with Crippen molar-refractivity contribution in [3.05, 3.63) is 41.0 Å². The van der Waals surface area contributed by atoms with Crippen LogP contribution < -0.4 is 4.74 Å².